The highest BCUT2D eigenvalue weighted by molar-refractivity contribution is 5.81. The van der Waals surface area contributed by atoms with Crippen molar-refractivity contribution in [2.45, 2.75) is 25.4 Å². The first-order valence-corrected chi connectivity index (χ1v) is 7.25. The Morgan fingerprint density at radius 2 is 2.13 bits per heavy atom. The minimum Gasteiger partial charge on any atom is -0.363 e. The highest BCUT2D eigenvalue weighted by atomic mass is 16.2. The molecule has 1 amide bonds. The molecule has 2 aromatic heterocycles. The molecule has 3 heterocycles. The number of nitrogens with one attached hydrogen (secondary N) is 1. The molecule has 8 heteroatoms. The summed E-state index contributed by atoms with van der Waals surface area (Å²) >= 11 is 0. The predicted molar refractivity (Wildman–Crippen MR) is 82.2 cm³/mol. The van der Waals surface area contributed by atoms with E-state index in [4.69, 9.17) is 5.26 Å². The van der Waals surface area contributed by atoms with Crippen LogP contribution >= 0.6 is 0 Å². The summed E-state index contributed by atoms with van der Waals surface area (Å²) < 4.78 is 1.80. The van der Waals surface area contributed by atoms with Crippen molar-refractivity contribution in [3.63, 3.8) is 0 Å². The van der Waals surface area contributed by atoms with E-state index in [9.17, 15) is 4.79 Å². The zero-order chi connectivity index (χ0) is 16.6. The van der Waals surface area contributed by atoms with Crippen LogP contribution in [0.2, 0.25) is 0 Å². The van der Waals surface area contributed by atoms with E-state index in [1.54, 1.807) is 35.0 Å². The maximum absolute atomic E-state index is 12.2. The van der Waals surface area contributed by atoms with Gasteiger partial charge in [0.2, 0.25) is 5.91 Å². The SMILES string of the molecule is Cc1c([C@H]2[C@H](Nc3ccc(C#N)nn3)CC(=O)N2C)cnn1C. The van der Waals surface area contributed by atoms with Gasteiger partial charge >= 0.3 is 0 Å². The molecule has 0 aliphatic carbocycles. The van der Waals surface area contributed by atoms with E-state index in [0.717, 1.165) is 11.3 Å². The van der Waals surface area contributed by atoms with Crippen molar-refractivity contribution >= 4 is 11.7 Å². The number of amides is 1. The van der Waals surface area contributed by atoms with E-state index in [1.807, 2.05) is 20.0 Å². The van der Waals surface area contributed by atoms with Gasteiger partial charge in [0.05, 0.1) is 18.3 Å². The van der Waals surface area contributed by atoms with Crippen LogP contribution < -0.4 is 5.32 Å². The van der Waals surface area contributed by atoms with Gasteiger partial charge in [-0.05, 0) is 19.1 Å². The monoisotopic (exact) mass is 311 g/mol. The second-order valence-electron chi connectivity index (χ2n) is 5.63. The van der Waals surface area contributed by atoms with Gasteiger partial charge in [0.1, 0.15) is 11.9 Å². The van der Waals surface area contributed by atoms with Gasteiger partial charge in [-0.3, -0.25) is 9.48 Å². The van der Waals surface area contributed by atoms with Crippen LogP contribution in [-0.4, -0.2) is 43.9 Å². The summed E-state index contributed by atoms with van der Waals surface area (Å²) in [7, 11) is 3.68. The second kappa shape index (κ2) is 5.68. The maximum Gasteiger partial charge on any atom is 0.225 e. The fourth-order valence-electron chi connectivity index (χ4n) is 2.89. The Balaban J connectivity index is 1.88. The van der Waals surface area contributed by atoms with Crippen LogP contribution in [0.4, 0.5) is 5.82 Å². The van der Waals surface area contributed by atoms with Gasteiger partial charge in [-0.15, -0.1) is 10.2 Å². The van der Waals surface area contributed by atoms with E-state index >= 15 is 0 Å². The van der Waals surface area contributed by atoms with Crippen LogP contribution in [0.3, 0.4) is 0 Å². The molecule has 0 saturated carbocycles. The first-order chi connectivity index (χ1) is 11.0. The highest BCUT2D eigenvalue weighted by Crippen LogP contribution is 2.34. The minimum absolute atomic E-state index is 0.0670. The summed E-state index contributed by atoms with van der Waals surface area (Å²) in [4.78, 5) is 13.9. The number of likely N-dealkylation sites (tertiary alicyclic amines) is 1. The lowest BCUT2D eigenvalue weighted by atomic mass is 10.0. The molecule has 0 radical (unpaired) electrons. The van der Waals surface area contributed by atoms with Crippen LogP contribution in [0, 0.1) is 18.3 Å². The van der Waals surface area contributed by atoms with Gasteiger partial charge in [-0.25, -0.2) is 0 Å². The first-order valence-electron chi connectivity index (χ1n) is 7.25. The standard InChI is InChI=1S/C15H17N7O/c1-9-11(8-17-22(9)3)15-12(6-14(23)21(15)2)18-13-5-4-10(7-16)19-20-13/h4-5,8,12,15H,6H2,1-3H3,(H,18,20)/t12-,15+/m1/s1. The van der Waals surface area contributed by atoms with E-state index in [1.165, 1.54) is 0 Å². The topological polar surface area (TPSA) is 99.7 Å². The molecule has 1 N–H and O–H groups in total. The Hall–Kier alpha value is -2.95. The molecule has 1 aliphatic rings. The average molecular weight is 311 g/mol. The number of likely N-dealkylation sites (N-methyl/N-ethyl adjacent to an activating group) is 1. The Labute approximate surface area is 133 Å². The van der Waals surface area contributed by atoms with E-state index in [-0.39, 0.29) is 23.7 Å². The van der Waals surface area contributed by atoms with Crippen molar-refractivity contribution in [3.8, 4) is 6.07 Å². The molecule has 0 bridgehead atoms. The average Bonchev–Trinajstić information content (AvgIpc) is 3.01. The molecule has 23 heavy (non-hydrogen) atoms. The Morgan fingerprint density at radius 3 is 2.70 bits per heavy atom. The number of carbonyl (C=O) groups excluding carboxylic acids is 1. The number of anilines is 1. The van der Waals surface area contributed by atoms with Gasteiger partial charge in [0, 0.05) is 31.8 Å². The van der Waals surface area contributed by atoms with Crippen LogP contribution in [-0.2, 0) is 11.8 Å². The molecule has 0 unspecified atom stereocenters. The van der Waals surface area contributed by atoms with Crippen molar-refractivity contribution in [1.82, 2.24) is 24.9 Å². The molecule has 3 rings (SSSR count). The van der Waals surface area contributed by atoms with Gasteiger partial charge in [0.25, 0.3) is 0 Å². The molecule has 8 nitrogen and oxygen atoms in total. The zero-order valence-corrected chi connectivity index (χ0v) is 13.2. The molecule has 118 valence electrons. The summed E-state index contributed by atoms with van der Waals surface area (Å²) in [5, 5.41) is 24.1. The third kappa shape index (κ3) is 2.61. The Bertz CT molecular complexity index is 774. The summed E-state index contributed by atoms with van der Waals surface area (Å²) in [5.41, 5.74) is 2.30. The number of carbonyl (C=O) groups is 1. The van der Waals surface area contributed by atoms with Crippen molar-refractivity contribution < 1.29 is 4.79 Å². The lowest BCUT2D eigenvalue weighted by Gasteiger charge is -2.25. The molecule has 0 aromatic carbocycles. The summed E-state index contributed by atoms with van der Waals surface area (Å²) in [6, 6.07) is 4.98. The van der Waals surface area contributed by atoms with Gasteiger partial charge in [0.15, 0.2) is 5.69 Å². The van der Waals surface area contributed by atoms with Gasteiger partial charge in [-0.1, -0.05) is 0 Å². The van der Waals surface area contributed by atoms with Crippen LogP contribution in [0.25, 0.3) is 0 Å². The lowest BCUT2D eigenvalue weighted by Crippen LogP contribution is -2.30. The van der Waals surface area contributed by atoms with E-state index < -0.39 is 0 Å². The van der Waals surface area contributed by atoms with E-state index in [2.05, 4.69) is 20.6 Å². The van der Waals surface area contributed by atoms with Crippen LogP contribution in [0.5, 0.6) is 0 Å². The molecule has 2 aromatic rings. The van der Waals surface area contributed by atoms with E-state index in [0.29, 0.717) is 12.2 Å². The van der Waals surface area contributed by atoms with Crippen molar-refractivity contribution in [2.24, 2.45) is 7.05 Å². The zero-order valence-electron chi connectivity index (χ0n) is 13.2. The molecule has 1 aliphatic heterocycles. The molecule has 0 spiro atoms. The van der Waals surface area contributed by atoms with Crippen LogP contribution in [0.15, 0.2) is 18.3 Å². The molecule has 2 atom stereocenters. The van der Waals surface area contributed by atoms with Gasteiger partial charge in [-0.2, -0.15) is 10.4 Å². The minimum atomic E-state index is -0.127. The fraction of sp³-hybridized carbons (Fsp3) is 0.400. The molecular formula is C15H17N7O. The number of rotatable bonds is 3. The second-order valence-corrected chi connectivity index (χ2v) is 5.63. The Kier molecular flexibility index (Phi) is 3.70. The third-order valence-corrected chi connectivity index (χ3v) is 4.29. The molecule has 1 saturated heterocycles. The summed E-state index contributed by atoms with van der Waals surface area (Å²) in [6.45, 7) is 1.98. The Morgan fingerprint density at radius 1 is 1.35 bits per heavy atom. The van der Waals surface area contributed by atoms with Gasteiger partial charge < -0.3 is 10.2 Å². The summed E-state index contributed by atoms with van der Waals surface area (Å²) in [6.07, 6.45) is 2.17. The number of nitrogens with zero attached hydrogens (tertiary/aromatic N) is 6. The molecule has 1 fully saturated rings. The summed E-state index contributed by atoms with van der Waals surface area (Å²) in [5.74, 6) is 0.612. The van der Waals surface area contributed by atoms with Crippen LogP contribution in [0.1, 0.15) is 29.4 Å². The van der Waals surface area contributed by atoms with Crippen molar-refractivity contribution in [1.29, 1.82) is 5.26 Å². The van der Waals surface area contributed by atoms with Crippen molar-refractivity contribution in [2.75, 3.05) is 12.4 Å². The number of nitriles is 1. The van der Waals surface area contributed by atoms with Crippen molar-refractivity contribution in [3.05, 3.63) is 35.3 Å². The smallest absolute Gasteiger partial charge is 0.225 e. The normalized spacial score (nSPS) is 20.6. The first kappa shape index (κ1) is 15.0. The third-order valence-electron chi connectivity index (χ3n) is 4.29. The quantitative estimate of drug-likeness (QED) is 0.899. The fourth-order valence-corrected chi connectivity index (χ4v) is 2.89. The largest absolute Gasteiger partial charge is 0.363 e. The maximum atomic E-state index is 12.2. The number of aryl methyl sites for hydroxylation is 1. The number of hydrogen-bond acceptors (Lipinski definition) is 6. The predicted octanol–water partition coefficient (Wildman–Crippen LogP) is 0.774. The lowest BCUT2D eigenvalue weighted by molar-refractivity contribution is -0.127. The molecular weight excluding hydrogens is 294 g/mol. The highest BCUT2D eigenvalue weighted by Gasteiger charge is 2.40. The number of aromatic nitrogens is 4. The number of hydrogen-bond donors (Lipinski definition) is 1.